The van der Waals surface area contributed by atoms with E-state index in [0.717, 1.165) is 23.5 Å². The van der Waals surface area contributed by atoms with E-state index in [-0.39, 0.29) is 12.0 Å². The molecule has 0 N–H and O–H groups in total. The van der Waals surface area contributed by atoms with Gasteiger partial charge in [-0.2, -0.15) is 5.10 Å². The van der Waals surface area contributed by atoms with Crippen LogP contribution in [0.3, 0.4) is 0 Å². The Hall–Kier alpha value is -2.63. The summed E-state index contributed by atoms with van der Waals surface area (Å²) in [7, 11) is 0. The Morgan fingerprint density at radius 3 is 2.68 bits per heavy atom. The minimum Gasteiger partial charge on any atom is -0.466 e. The Bertz CT molecular complexity index is 922. The molecule has 0 saturated heterocycles. The summed E-state index contributed by atoms with van der Waals surface area (Å²) in [6.45, 7) is 10.2. The second kappa shape index (κ2) is 6.70. The lowest BCUT2D eigenvalue weighted by Gasteiger charge is -2.10. The summed E-state index contributed by atoms with van der Waals surface area (Å²) in [5.41, 5.74) is 2.72. The molecular formula is C19H23N3O3. The van der Waals surface area contributed by atoms with Gasteiger partial charge in [0.15, 0.2) is 5.65 Å². The van der Waals surface area contributed by atoms with Crippen LogP contribution >= 0.6 is 0 Å². The van der Waals surface area contributed by atoms with Crippen LogP contribution in [0.1, 0.15) is 55.1 Å². The molecule has 3 rings (SSSR count). The quantitative estimate of drug-likeness (QED) is 0.641. The molecule has 0 aromatic carbocycles. The minimum absolute atomic E-state index is 0.131. The van der Waals surface area contributed by atoms with Gasteiger partial charge in [-0.15, -0.1) is 0 Å². The second-order valence-corrected chi connectivity index (χ2v) is 6.44. The summed E-state index contributed by atoms with van der Waals surface area (Å²) >= 11 is 0. The molecule has 0 fully saturated rings. The van der Waals surface area contributed by atoms with Crippen LogP contribution in [0.25, 0.3) is 22.3 Å². The van der Waals surface area contributed by atoms with Crippen molar-refractivity contribution in [2.75, 3.05) is 6.61 Å². The molecule has 6 nitrogen and oxygen atoms in total. The number of hydrogen-bond acceptors (Lipinski definition) is 5. The molecule has 0 atom stereocenters. The van der Waals surface area contributed by atoms with Gasteiger partial charge in [0.25, 0.3) is 0 Å². The number of furan rings is 1. The van der Waals surface area contributed by atoms with Crippen LogP contribution in [0.15, 0.2) is 22.7 Å². The molecule has 0 spiro atoms. The lowest BCUT2D eigenvalue weighted by molar-refractivity contribution is 0.0507. The third-order valence-corrected chi connectivity index (χ3v) is 4.03. The monoisotopic (exact) mass is 341 g/mol. The van der Waals surface area contributed by atoms with E-state index in [9.17, 15) is 4.79 Å². The van der Waals surface area contributed by atoms with Crippen molar-refractivity contribution in [2.45, 2.75) is 47.1 Å². The molecule has 3 aromatic heterocycles. The number of fused-ring (bicyclic) bond motifs is 1. The van der Waals surface area contributed by atoms with Gasteiger partial charge in [-0.1, -0.05) is 6.92 Å². The van der Waals surface area contributed by atoms with Gasteiger partial charge in [-0.25, -0.2) is 14.5 Å². The second-order valence-electron chi connectivity index (χ2n) is 6.44. The lowest BCUT2D eigenvalue weighted by Crippen LogP contribution is -2.09. The van der Waals surface area contributed by atoms with E-state index in [2.05, 4.69) is 5.10 Å². The summed E-state index contributed by atoms with van der Waals surface area (Å²) in [5.74, 6) is 1.23. The highest BCUT2D eigenvalue weighted by atomic mass is 16.5. The number of ether oxygens (including phenoxy) is 1. The predicted octanol–water partition coefficient (Wildman–Crippen LogP) is 4.46. The molecule has 6 heteroatoms. The Morgan fingerprint density at radius 2 is 2.08 bits per heavy atom. The highest BCUT2D eigenvalue weighted by molar-refractivity contribution is 6.03. The molecule has 0 aliphatic carbocycles. The first-order chi connectivity index (χ1) is 11.9. The molecule has 3 heterocycles. The van der Waals surface area contributed by atoms with Crippen LogP contribution in [0.5, 0.6) is 0 Å². The topological polar surface area (TPSA) is 70.2 Å². The Balaban J connectivity index is 2.22. The summed E-state index contributed by atoms with van der Waals surface area (Å²) in [4.78, 5) is 17.3. The number of rotatable bonds is 5. The number of esters is 1. The normalized spacial score (nSPS) is 11.4. The van der Waals surface area contributed by atoms with Crippen LogP contribution in [0.2, 0.25) is 0 Å². The number of carbonyl (C=O) groups excluding carboxylic acids is 1. The van der Waals surface area contributed by atoms with Gasteiger partial charge in [0, 0.05) is 11.6 Å². The summed E-state index contributed by atoms with van der Waals surface area (Å²) in [6, 6.07) is 3.83. The Labute approximate surface area is 146 Å². The number of pyridine rings is 1. The molecular weight excluding hydrogens is 318 g/mol. The molecule has 0 saturated carbocycles. The molecule has 0 amide bonds. The largest absolute Gasteiger partial charge is 0.466 e. The van der Waals surface area contributed by atoms with Gasteiger partial charge < -0.3 is 9.15 Å². The van der Waals surface area contributed by atoms with E-state index in [4.69, 9.17) is 14.1 Å². The van der Waals surface area contributed by atoms with E-state index in [1.807, 2.05) is 45.4 Å². The maximum Gasteiger partial charge on any atom is 0.339 e. The summed E-state index contributed by atoms with van der Waals surface area (Å²) in [6.07, 6.45) is 2.46. The highest BCUT2D eigenvalue weighted by Gasteiger charge is 2.20. The van der Waals surface area contributed by atoms with Gasteiger partial charge in [0.1, 0.15) is 11.5 Å². The molecule has 132 valence electrons. The SMILES string of the molecule is CCCOC(=O)c1cc(-c2cc(C)oc2C)nc2c1cnn2C(C)C. The Kier molecular flexibility index (Phi) is 4.61. The molecule has 25 heavy (non-hydrogen) atoms. The summed E-state index contributed by atoms with van der Waals surface area (Å²) in [5, 5.41) is 5.11. The number of carbonyl (C=O) groups is 1. The van der Waals surface area contributed by atoms with Crippen molar-refractivity contribution in [3.63, 3.8) is 0 Å². The van der Waals surface area contributed by atoms with Gasteiger partial charge >= 0.3 is 5.97 Å². The summed E-state index contributed by atoms with van der Waals surface area (Å²) < 4.78 is 12.8. The van der Waals surface area contributed by atoms with Crippen molar-refractivity contribution in [3.05, 3.63) is 35.4 Å². The average Bonchev–Trinajstić information content (AvgIpc) is 3.14. The first-order valence-corrected chi connectivity index (χ1v) is 8.55. The van der Waals surface area contributed by atoms with Crippen molar-refractivity contribution in [1.29, 1.82) is 0 Å². The first kappa shape index (κ1) is 17.2. The van der Waals surface area contributed by atoms with Gasteiger partial charge in [-0.05, 0) is 46.2 Å². The molecule has 0 aliphatic rings. The zero-order valence-electron chi connectivity index (χ0n) is 15.3. The van der Waals surface area contributed by atoms with Crippen molar-refractivity contribution >= 4 is 17.0 Å². The number of aryl methyl sites for hydroxylation is 2. The van der Waals surface area contributed by atoms with E-state index in [1.54, 1.807) is 12.3 Å². The van der Waals surface area contributed by atoms with Crippen molar-refractivity contribution in [2.24, 2.45) is 0 Å². The molecule has 3 aromatic rings. The average molecular weight is 341 g/mol. The van der Waals surface area contributed by atoms with Crippen molar-refractivity contribution in [1.82, 2.24) is 14.8 Å². The van der Waals surface area contributed by atoms with Gasteiger partial charge in [0.05, 0.1) is 29.4 Å². The van der Waals surface area contributed by atoms with Gasteiger partial charge in [-0.3, -0.25) is 0 Å². The van der Waals surface area contributed by atoms with E-state index in [0.29, 0.717) is 28.9 Å². The molecule has 0 unspecified atom stereocenters. The predicted molar refractivity (Wildman–Crippen MR) is 95.7 cm³/mol. The first-order valence-electron chi connectivity index (χ1n) is 8.55. The fraction of sp³-hybridized carbons (Fsp3) is 0.421. The molecule has 0 aliphatic heterocycles. The Morgan fingerprint density at radius 1 is 1.32 bits per heavy atom. The zero-order chi connectivity index (χ0) is 18.1. The van der Waals surface area contributed by atoms with Crippen molar-refractivity contribution in [3.8, 4) is 11.3 Å². The van der Waals surface area contributed by atoms with Crippen LogP contribution in [-0.4, -0.2) is 27.3 Å². The number of nitrogens with zero attached hydrogens (tertiary/aromatic N) is 3. The third kappa shape index (κ3) is 3.16. The van der Waals surface area contributed by atoms with E-state index in [1.165, 1.54) is 0 Å². The smallest absolute Gasteiger partial charge is 0.339 e. The fourth-order valence-electron chi connectivity index (χ4n) is 2.86. The molecule has 0 bridgehead atoms. The van der Waals surface area contributed by atoms with Crippen molar-refractivity contribution < 1.29 is 13.9 Å². The fourth-order valence-corrected chi connectivity index (χ4v) is 2.86. The van der Waals surface area contributed by atoms with Crippen LogP contribution in [0, 0.1) is 13.8 Å². The minimum atomic E-state index is -0.350. The number of aromatic nitrogens is 3. The third-order valence-electron chi connectivity index (χ3n) is 4.03. The maximum atomic E-state index is 12.6. The lowest BCUT2D eigenvalue weighted by atomic mass is 10.1. The molecule has 0 radical (unpaired) electrons. The van der Waals surface area contributed by atoms with E-state index < -0.39 is 0 Å². The van der Waals surface area contributed by atoms with E-state index >= 15 is 0 Å². The number of hydrogen-bond donors (Lipinski definition) is 0. The van der Waals surface area contributed by atoms with Crippen LogP contribution < -0.4 is 0 Å². The maximum absolute atomic E-state index is 12.6. The van der Waals surface area contributed by atoms with Crippen LogP contribution in [0.4, 0.5) is 0 Å². The standard InChI is InChI=1S/C19H23N3O3/c1-6-7-24-19(23)15-9-17(14-8-12(4)25-13(14)5)21-18-16(15)10-20-22(18)11(2)3/h8-11H,6-7H2,1-5H3. The zero-order valence-corrected chi connectivity index (χ0v) is 15.3. The van der Waals surface area contributed by atoms with Crippen LogP contribution in [-0.2, 0) is 4.74 Å². The van der Waals surface area contributed by atoms with Gasteiger partial charge in [0.2, 0.25) is 0 Å². The highest BCUT2D eigenvalue weighted by Crippen LogP contribution is 2.30.